The predicted octanol–water partition coefficient (Wildman–Crippen LogP) is 6.12. The summed E-state index contributed by atoms with van der Waals surface area (Å²) in [4.78, 5) is 16.5. The number of rotatable bonds is 5. The molecule has 1 amide bonds. The van der Waals surface area contributed by atoms with Crippen molar-refractivity contribution in [3.63, 3.8) is 0 Å². The third kappa shape index (κ3) is 6.94. The van der Waals surface area contributed by atoms with Gasteiger partial charge in [-0.3, -0.25) is 5.32 Å². The SMILES string of the molecule is CC(C)(C)NS(=O)(=O)c1cccc(NC(=O)Oc2cnn3c(C(F)(F)F)cc(-c4ccc(C(F)(F)F)cc4)nc23)c1. The van der Waals surface area contributed by atoms with Crippen LogP contribution in [0.25, 0.3) is 16.9 Å². The van der Waals surface area contributed by atoms with Gasteiger partial charge in [0.15, 0.2) is 17.1 Å². The molecule has 0 fully saturated rings. The lowest BCUT2D eigenvalue weighted by Gasteiger charge is -2.20. The van der Waals surface area contributed by atoms with Crippen molar-refractivity contribution in [2.75, 3.05) is 5.32 Å². The lowest BCUT2D eigenvalue weighted by atomic mass is 10.1. The third-order valence-electron chi connectivity index (χ3n) is 5.27. The number of hydrogen-bond acceptors (Lipinski definition) is 6. The average Bonchev–Trinajstić information content (AvgIpc) is 3.23. The number of nitrogens with zero attached hydrogens (tertiary/aromatic N) is 3. The van der Waals surface area contributed by atoms with Crippen LogP contribution in [-0.2, 0) is 22.4 Å². The molecule has 16 heteroatoms. The highest BCUT2D eigenvalue weighted by atomic mass is 32.2. The largest absolute Gasteiger partial charge is 0.433 e. The van der Waals surface area contributed by atoms with Crippen molar-refractivity contribution >= 4 is 27.5 Å². The van der Waals surface area contributed by atoms with E-state index in [0.717, 1.165) is 24.4 Å². The Morgan fingerprint density at radius 2 is 1.59 bits per heavy atom. The molecule has 0 unspecified atom stereocenters. The number of ether oxygens (including phenoxy) is 1. The molecule has 2 N–H and O–H groups in total. The molecule has 0 aliphatic heterocycles. The number of benzene rings is 2. The van der Waals surface area contributed by atoms with Crippen molar-refractivity contribution in [2.24, 2.45) is 0 Å². The van der Waals surface area contributed by atoms with Gasteiger partial charge in [-0.1, -0.05) is 18.2 Å². The van der Waals surface area contributed by atoms with Gasteiger partial charge in [-0.25, -0.2) is 27.4 Å². The van der Waals surface area contributed by atoms with Crippen molar-refractivity contribution in [2.45, 2.75) is 43.6 Å². The minimum Gasteiger partial charge on any atom is -0.404 e. The Kier molecular flexibility index (Phi) is 7.51. The second kappa shape index (κ2) is 10.3. The molecule has 218 valence electrons. The first-order valence-electron chi connectivity index (χ1n) is 11.6. The van der Waals surface area contributed by atoms with E-state index >= 15 is 0 Å². The molecule has 0 radical (unpaired) electrons. The van der Waals surface area contributed by atoms with E-state index in [1.54, 1.807) is 20.8 Å². The monoisotopic (exact) mass is 601 g/mol. The molecule has 0 atom stereocenters. The maximum absolute atomic E-state index is 13.8. The first kappa shape index (κ1) is 29.8. The number of fused-ring (bicyclic) bond motifs is 1. The second-order valence-corrected chi connectivity index (χ2v) is 11.4. The second-order valence-electron chi connectivity index (χ2n) is 9.74. The van der Waals surface area contributed by atoms with E-state index < -0.39 is 56.7 Å². The molecule has 2 heterocycles. The number of alkyl halides is 6. The molecule has 41 heavy (non-hydrogen) atoms. The standard InChI is InChI=1S/C25H21F6N5O4S/c1-23(2,3)35-41(38,39)17-6-4-5-16(11-17)33-22(37)40-19-13-32-36-20(25(29,30)31)12-18(34-21(19)36)14-7-9-15(10-8-14)24(26,27)28/h4-13,35H,1-3H3,(H,33,37). The van der Waals surface area contributed by atoms with Crippen molar-refractivity contribution < 1.29 is 44.3 Å². The fraction of sp³-hybridized carbons (Fsp3) is 0.240. The van der Waals surface area contributed by atoms with Crippen LogP contribution in [0.3, 0.4) is 0 Å². The maximum Gasteiger partial charge on any atom is 0.433 e. The number of halogens is 6. The Hall–Kier alpha value is -4.18. The van der Waals surface area contributed by atoms with Crippen LogP contribution in [0, 0.1) is 0 Å². The van der Waals surface area contributed by atoms with Gasteiger partial charge in [-0.15, -0.1) is 0 Å². The summed E-state index contributed by atoms with van der Waals surface area (Å²) < 4.78 is 113. The Labute approximate surface area is 229 Å². The fourth-order valence-electron chi connectivity index (χ4n) is 3.64. The Morgan fingerprint density at radius 3 is 2.17 bits per heavy atom. The van der Waals surface area contributed by atoms with Gasteiger partial charge in [0, 0.05) is 16.8 Å². The van der Waals surface area contributed by atoms with Crippen molar-refractivity contribution in [3.8, 4) is 17.0 Å². The number of aromatic nitrogens is 3. The van der Waals surface area contributed by atoms with Gasteiger partial charge in [0.1, 0.15) is 0 Å². The van der Waals surface area contributed by atoms with Crippen molar-refractivity contribution in [1.82, 2.24) is 19.3 Å². The summed E-state index contributed by atoms with van der Waals surface area (Å²) in [5, 5.41) is 5.88. The molecule has 0 saturated heterocycles. The van der Waals surface area contributed by atoms with E-state index in [2.05, 4.69) is 20.1 Å². The molecule has 9 nitrogen and oxygen atoms in total. The highest BCUT2D eigenvalue weighted by Crippen LogP contribution is 2.35. The molecule has 2 aromatic heterocycles. The molecule has 4 rings (SSSR count). The summed E-state index contributed by atoms with van der Waals surface area (Å²) in [7, 11) is -3.95. The molecule has 0 bridgehead atoms. The van der Waals surface area contributed by atoms with E-state index in [-0.39, 0.29) is 21.8 Å². The highest BCUT2D eigenvalue weighted by Gasteiger charge is 2.36. The van der Waals surface area contributed by atoms with Crippen LogP contribution in [0.4, 0.5) is 36.8 Å². The summed E-state index contributed by atoms with van der Waals surface area (Å²) in [5.41, 5.74) is -4.08. The summed E-state index contributed by atoms with van der Waals surface area (Å²) in [5.74, 6) is -0.500. The van der Waals surface area contributed by atoms with Crippen LogP contribution >= 0.6 is 0 Å². The summed E-state index contributed by atoms with van der Waals surface area (Å²) in [6, 6.07) is 9.06. The van der Waals surface area contributed by atoms with E-state index in [1.165, 1.54) is 18.2 Å². The van der Waals surface area contributed by atoms with Gasteiger partial charge in [0.05, 0.1) is 22.3 Å². The molecule has 2 aromatic carbocycles. The van der Waals surface area contributed by atoms with Crippen molar-refractivity contribution in [1.29, 1.82) is 0 Å². The zero-order valence-corrected chi connectivity index (χ0v) is 22.2. The number of carbonyl (C=O) groups excluding carboxylic acids is 1. The number of hydrogen-bond donors (Lipinski definition) is 2. The zero-order chi connectivity index (χ0) is 30.4. The molecular formula is C25H21F6N5O4S. The van der Waals surface area contributed by atoms with Crippen LogP contribution in [0.15, 0.2) is 65.7 Å². The quantitative estimate of drug-likeness (QED) is 0.267. The number of anilines is 1. The number of amides is 1. The lowest BCUT2D eigenvalue weighted by molar-refractivity contribution is -0.142. The van der Waals surface area contributed by atoms with Crippen LogP contribution in [0.1, 0.15) is 32.0 Å². The lowest BCUT2D eigenvalue weighted by Crippen LogP contribution is -2.40. The first-order chi connectivity index (χ1) is 18.8. The van der Waals surface area contributed by atoms with Gasteiger partial charge in [-0.2, -0.15) is 31.4 Å². The van der Waals surface area contributed by atoms with Crippen molar-refractivity contribution in [3.05, 3.63) is 72.1 Å². The Balaban J connectivity index is 1.65. The predicted molar refractivity (Wildman–Crippen MR) is 135 cm³/mol. The smallest absolute Gasteiger partial charge is 0.404 e. The molecule has 0 spiro atoms. The van der Waals surface area contributed by atoms with Crippen LogP contribution in [0.5, 0.6) is 5.75 Å². The Bertz CT molecular complexity index is 1710. The minimum atomic E-state index is -4.96. The highest BCUT2D eigenvalue weighted by molar-refractivity contribution is 7.89. The minimum absolute atomic E-state index is 0.00218. The summed E-state index contributed by atoms with van der Waals surface area (Å²) in [6.45, 7) is 4.92. The maximum atomic E-state index is 13.8. The average molecular weight is 602 g/mol. The van der Waals surface area contributed by atoms with E-state index in [4.69, 9.17) is 4.74 Å². The van der Waals surface area contributed by atoms with Gasteiger partial charge in [0.2, 0.25) is 10.0 Å². The van der Waals surface area contributed by atoms with E-state index in [9.17, 15) is 39.6 Å². The van der Waals surface area contributed by atoms with Crippen LogP contribution in [-0.4, -0.2) is 34.6 Å². The first-order valence-corrected chi connectivity index (χ1v) is 13.1. The third-order valence-corrected chi connectivity index (χ3v) is 7.03. The number of sulfonamides is 1. The molecule has 0 aliphatic carbocycles. The van der Waals surface area contributed by atoms with Gasteiger partial charge in [0.25, 0.3) is 0 Å². The summed E-state index contributed by atoms with van der Waals surface area (Å²) in [6.07, 6.45) is -10.0. The number of nitrogens with one attached hydrogen (secondary N) is 2. The number of carbonyl (C=O) groups is 1. The van der Waals surface area contributed by atoms with Gasteiger partial charge < -0.3 is 4.74 Å². The Morgan fingerprint density at radius 1 is 0.927 bits per heavy atom. The van der Waals surface area contributed by atoms with Gasteiger partial charge in [-0.05, 0) is 57.2 Å². The molecule has 0 aliphatic rings. The molecule has 0 saturated carbocycles. The molecule has 4 aromatic rings. The summed E-state index contributed by atoms with van der Waals surface area (Å²) >= 11 is 0. The van der Waals surface area contributed by atoms with Gasteiger partial charge >= 0.3 is 18.4 Å². The fourth-order valence-corrected chi connectivity index (χ4v) is 5.10. The topological polar surface area (TPSA) is 115 Å². The van der Waals surface area contributed by atoms with Crippen LogP contribution in [0.2, 0.25) is 0 Å². The van der Waals surface area contributed by atoms with E-state index in [1.807, 2.05) is 0 Å². The van der Waals surface area contributed by atoms with E-state index in [0.29, 0.717) is 22.7 Å². The molecular weight excluding hydrogens is 580 g/mol. The van der Waals surface area contributed by atoms with Crippen LogP contribution < -0.4 is 14.8 Å². The zero-order valence-electron chi connectivity index (χ0n) is 21.4. The normalized spacial score (nSPS) is 12.9.